The molecule has 26 heavy (non-hydrogen) atoms. The Labute approximate surface area is 158 Å². The number of carbonyl (C=O) groups excluding carboxylic acids is 2. The van der Waals surface area contributed by atoms with Gasteiger partial charge in [0.25, 0.3) is 5.91 Å². The fourth-order valence-corrected chi connectivity index (χ4v) is 4.33. The molecule has 140 valence electrons. The van der Waals surface area contributed by atoms with Gasteiger partial charge in [0.2, 0.25) is 5.91 Å². The maximum Gasteiger partial charge on any atom is 0.272 e. The number of likely N-dealkylation sites (N-methyl/N-ethyl adjacent to an activating group) is 1. The number of hydrogen-bond donors (Lipinski definition) is 2. The second kappa shape index (κ2) is 8.03. The van der Waals surface area contributed by atoms with E-state index in [-0.39, 0.29) is 11.8 Å². The lowest BCUT2D eigenvalue weighted by Crippen LogP contribution is -2.60. The van der Waals surface area contributed by atoms with Crippen molar-refractivity contribution in [2.45, 2.75) is 51.5 Å². The Balaban J connectivity index is 1.80. The largest absolute Gasteiger partial charge is 0.341 e. The highest BCUT2D eigenvalue weighted by molar-refractivity contribution is 7.13. The first-order valence-electron chi connectivity index (χ1n) is 9.31. The second-order valence-electron chi connectivity index (χ2n) is 6.72. The molecule has 0 aromatic carbocycles. The summed E-state index contributed by atoms with van der Waals surface area (Å²) in [4.78, 5) is 28.8. The van der Waals surface area contributed by atoms with Crippen molar-refractivity contribution in [1.82, 2.24) is 20.4 Å². The molecule has 2 heterocycles. The number of hydrogen-bond acceptors (Lipinski definition) is 4. The third kappa shape index (κ3) is 3.67. The number of aromatic amines is 1. The van der Waals surface area contributed by atoms with Crippen LogP contribution in [0.4, 0.5) is 0 Å². The summed E-state index contributed by atoms with van der Waals surface area (Å²) >= 11 is 1.59. The molecular formula is C19H26N4O2S. The Kier molecular flexibility index (Phi) is 5.76. The molecule has 0 aliphatic heterocycles. The minimum absolute atomic E-state index is 0.0320. The van der Waals surface area contributed by atoms with E-state index in [2.05, 4.69) is 15.5 Å². The lowest BCUT2D eigenvalue weighted by atomic mass is 9.80. The van der Waals surface area contributed by atoms with Gasteiger partial charge in [0.1, 0.15) is 5.54 Å². The van der Waals surface area contributed by atoms with E-state index >= 15 is 0 Å². The summed E-state index contributed by atoms with van der Waals surface area (Å²) in [6, 6.07) is 5.69. The van der Waals surface area contributed by atoms with Crippen LogP contribution in [-0.4, -0.2) is 45.5 Å². The number of rotatable bonds is 6. The molecule has 1 aliphatic carbocycles. The van der Waals surface area contributed by atoms with Crippen LogP contribution in [0.5, 0.6) is 0 Å². The Bertz CT molecular complexity index is 743. The highest BCUT2D eigenvalue weighted by Gasteiger charge is 2.43. The zero-order chi connectivity index (χ0) is 18.6. The molecule has 7 heteroatoms. The van der Waals surface area contributed by atoms with Crippen LogP contribution in [0, 0.1) is 0 Å². The molecule has 0 bridgehead atoms. The zero-order valence-corrected chi connectivity index (χ0v) is 16.2. The van der Waals surface area contributed by atoms with Crippen LogP contribution in [0.3, 0.4) is 0 Å². The van der Waals surface area contributed by atoms with Crippen molar-refractivity contribution in [2.75, 3.05) is 13.1 Å². The molecule has 6 nitrogen and oxygen atoms in total. The smallest absolute Gasteiger partial charge is 0.272 e. The van der Waals surface area contributed by atoms with Gasteiger partial charge in [-0.05, 0) is 44.2 Å². The van der Waals surface area contributed by atoms with Crippen molar-refractivity contribution in [1.29, 1.82) is 0 Å². The number of carbonyl (C=O) groups is 2. The summed E-state index contributed by atoms with van der Waals surface area (Å²) in [6.45, 7) is 5.25. The van der Waals surface area contributed by atoms with Gasteiger partial charge in [0.05, 0.1) is 10.6 Å². The van der Waals surface area contributed by atoms with Crippen LogP contribution < -0.4 is 5.32 Å². The van der Waals surface area contributed by atoms with Gasteiger partial charge < -0.3 is 10.2 Å². The van der Waals surface area contributed by atoms with E-state index in [9.17, 15) is 9.59 Å². The Morgan fingerprint density at radius 1 is 1.27 bits per heavy atom. The predicted octanol–water partition coefficient (Wildman–Crippen LogP) is 3.44. The molecule has 2 aromatic rings. The molecular weight excluding hydrogens is 348 g/mol. The third-order valence-electron chi connectivity index (χ3n) is 5.12. The number of nitrogens with zero attached hydrogens (tertiary/aromatic N) is 2. The predicted molar refractivity (Wildman–Crippen MR) is 103 cm³/mol. The van der Waals surface area contributed by atoms with Gasteiger partial charge in [-0.1, -0.05) is 25.3 Å². The maximum absolute atomic E-state index is 13.1. The summed E-state index contributed by atoms with van der Waals surface area (Å²) in [5, 5.41) is 12.1. The minimum atomic E-state index is -0.802. The third-order valence-corrected chi connectivity index (χ3v) is 6.02. The molecule has 2 amide bonds. The first kappa shape index (κ1) is 18.6. The standard InChI is InChI=1S/C19H26N4O2S/c1-3-23(4-2)18(25)19(10-6-5-7-11-19)20-17(24)15-13-14(21-22-15)16-9-8-12-26-16/h8-9,12-13H,3-7,10-11H2,1-2H3,(H,20,24)(H,21,22). The van der Waals surface area contributed by atoms with Gasteiger partial charge in [-0.15, -0.1) is 11.3 Å². The molecule has 0 radical (unpaired) electrons. The second-order valence-corrected chi connectivity index (χ2v) is 7.67. The van der Waals surface area contributed by atoms with E-state index in [1.807, 2.05) is 36.3 Å². The number of H-pyrrole nitrogens is 1. The SMILES string of the molecule is CCN(CC)C(=O)C1(NC(=O)c2cc(-c3cccs3)[nH]n2)CCCCC1. The van der Waals surface area contributed by atoms with E-state index < -0.39 is 5.54 Å². The fraction of sp³-hybridized carbons (Fsp3) is 0.526. The monoisotopic (exact) mass is 374 g/mol. The molecule has 0 saturated heterocycles. The number of nitrogens with one attached hydrogen (secondary N) is 2. The van der Waals surface area contributed by atoms with Crippen molar-refractivity contribution in [3.8, 4) is 10.6 Å². The van der Waals surface area contributed by atoms with Gasteiger partial charge >= 0.3 is 0 Å². The summed E-state index contributed by atoms with van der Waals surface area (Å²) in [5.74, 6) is -0.254. The summed E-state index contributed by atoms with van der Waals surface area (Å²) in [7, 11) is 0. The Morgan fingerprint density at radius 2 is 2.00 bits per heavy atom. The molecule has 1 saturated carbocycles. The van der Waals surface area contributed by atoms with Crippen LogP contribution in [0.1, 0.15) is 56.4 Å². The van der Waals surface area contributed by atoms with Crippen LogP contribution in [0.15, 0.2) is 23.6 Å². The Morgan fingerprint density at radius 3 is 2.62 bits per heavy atom. The molecule has 0 atom stereocenters. The van der Waals surface area contributed by atoms with Crippen molar-refractivity contribution in [2.24, 2.45) is 0 Å². The topological polar surface area (TPSA) is 78.1 Å². The van der Waals surface area contributed by atoms with Gasteiger partial charge in [-0.25, -0.2) is 0 Å². The van der Waals surface area contributed by atoms with Gasteiger partial charge in [0, 0.05) is 13.1 Å². The molecule has 1 fully saturated rings. The fourth-order valence-electron chi connectivity index (χ4n) is 3.64. The average Bonchev–Trinajstić information content (AvgIpc) is 3.35. The molecule has 2 N–H and O–H groups in total. The zero-order valence-electron chi connectivity index (χ0n) is 15.4. The molecule has 3 rings (SSSR count). The van der Waals surface area contributed by atoms with E-state index in [0.717, 1.165) is 29.8 Å². The number of aromatic nitrogens is 2. The van der Waals surface area contributed by atoms with Crippen molar-refractivity contribution >= 4 is 23.2 Å². The Hall–Kier alpha value is -2.15. The van der Waals surface area contributed by atoms with Crippen LogP contribution in [0.2, 0.25) is 0 Å². The normalized spacial score (nSPS) is 16.2. The summed E-state index contributed by atoms with van der Waals surface area (Å²) < 4.78 is 0. The first-order chi connectivity index (χ1) is 12.6. The quantitative estimate of drug-likeness (QED) is 0.813. The van der Waals surface area contributed by atoms with E-state index in [1.54, 1.807) is 17.4 Å². The minimum Gasteiger partial charge on any atom is -0.341 e. The van der Waals surface area contributed by atoms with Crippen molar-refractivity contribution in [3.05, 3.63) is 29.3 Å². The number of amides is 2. The van der Waals surface area contributed by atoms with Crippen molar-refractivity contribution < 1.29 is 9.59 Å². The summed E-state index contributed by atoms with van der Waals surface area (Å²) in [5.41, 5.74) is 0.340. The van der Waals surface area contributed by atoms with Crippen LogP contribution in [-0.2, 0) is 4.79 Å². The maximum atomic E-state index is 13.1. The van der Waals surface area contributed by atoms with Gasteiger partial charge in [-0.3, -0.25) is 14.7 Å². The number of thiophene rings is 1. The van der Waals surface area contributed by atoms with E-state index in [4.69, 9.17) is 0 Å². The average molecular weight is 375 g/mol. The highest BCUT2D eigenvalue weighted by Crippen LogP contribution is 2.31. The van der Waals surface area contributed by atoms with Crippen molar-refractivity contribution in [3.63, 3.8) is 0 Å². The van der Waals surface area contributed by atoms with Crippen LogP contribution >= 0.6 is 11.3 Å². The van der Waals surface area contributed by atoms with E-state index in [0.29, 0.717) is 31.6 Å². The lowest BCUT2D eigenvalue weighted by Gasteiger charge is -2.39. The molecule has 2 aromatic heterocycles. The highest BCUT2D eigenvalue weighted by atomic mass is 32.1. The van der Waals surface area contributed by atoms with Gasteiger partial charge in [0.15, 0.2) is 5.69 Å². The molecule has 1 aliphatic rings. The molecule has 0 spiro atoms. The first-order valence-corrected chi connectivity index (χ1v) is 10.2. The molecule has 0 unspecified atom stereocenters. The summed E-state index contributed by atoms with van der Waals surface area (Å²) in [6.07, 6.45) is 4.39. The lowest BCUT2D eigenvalue weighted by molar-refractivity contribution is -0.139. The van der Waals surface area contributed by atoms with E-state index in [1.165, 1.54) is 0 Å². The van der Waals surface area contributed by atoms with Gasteiger partial charge in [-0.2, -0.15) is 5.10 Å². The van der Waals surface area contributed by atoms with Crippen LogP contribution in [0.25, 0.3) is 10.6 Å².